The molecule has 28 heteroatoms. The highest BCUT2D eigenvalue weighted by molar-refractivity contribution is 7.53. The zero-order chi connectivity index (χ0) is 53.6. The van der Waals surface area contributed by atoms with Gasteiger partial charge < -0.3 is 38.9 Å². The number of nitrogens with zero attached hydrogens (tertiary/aromatic N) is 7. The monoisotopic (exact) mass is 1100 g/mol. The number of anilines is 1. The summed E-state index contributed by atoms with van der Waals surface area (Å²) in [6.07, 6.45) is 8.13. The van der Waals surface area contributed by atoms with Gasteiger partial charge in [-0.3, -0.25) is 41.7 Å². The summed E-state index contributed by atoms with van der Waals surface area (Å²) in [7, 11) is -8.84. The number of nitrogen functional groups attached to an aromatic ring is 1. The number of rotatable bonds is 29. The lowest BCUT2D eigenvalue weighted by atomic mass is 10.1. The Kier molecular flexibility index (Phi) is 24.4. The van der Waals surface area contributed by atoms with Crippen LogP contribution in [0, 0.1) is 0 Å². The number of halogens is 2. The number of imidazole rings is 2. The van der Waals surface area contributed by atoms with Crippen molar-refractivity contribution in [3.8, 4) is 0 Å². The number of carbonyl (C=O) groups is 2. The molecule has 2 fully saturated rings. The predicted octanol–water partition coefficient (Wildman–Crippen LogP) is 9.21. The molecule has 0 saturated carbocycles. The summed E-state index contributed by atoms with van der Waals surface area (Å²) in [6.45, 7) is 0.607. The quantitative estimate of drug-likeness (QED) is 0.0221. The number of aromatic amines is 1. The molecule has 0 aliphatic carbocycles. The number of phosphoric acid groups is 1. The topological polar surface area (TPSA) is 294 Å². The molecule has 0 aromatic carbocycles. The summed E-state index contributed by atoms with van der Waals surface area (Å²) in [5, 5.41) is 0. The van der Waals surface area contributed by atoms with Gasteiger partial charge in [-0.2, -0.15) is 0 Å². The summed E-state index contributed by atoms with van der Waals surface area (Å²) in [5.74, 6) is -1.35. The van der Waals surface area contributed by atoms with Gasteiger partial charge in [0.1, 0.15) is 36.5 Å². The van der Waals surface area contributed by atoms with Crippen molar-refractivity contribution >= 4 is 55.5 Å². The molecule has 6 heterocycles. The average molecular weight is 1100 g/mol. The number of methoxy groups -OCH3 is 1. The van der Waals surface area contributed by atoms with Crippen molar-refractivity contribution in [3.05, 3.63) is 35.7 Å². The van der Waals surface area contributed by atoms with Crippen LogP contribution >= 0.6 is 15.4 Å². The third-order valence-electron chi connectivity index (χ3n) is 12.9. The molecule has 6 rings (SSSR count). The number of carbonyl (C=O) groups excluding carboxylic acids is 2. The number of phosphoric ester groups is 1. The van der Waals surface area contributed by atoms with Crippen molar-refractivity contribution in [1.29, 1.82) is 0 Å². The van der Waals surface area contributed by atoms with Crippen LogP contribution in [-0.4, -0.2) is 122 Å². The van der Waals surface area contributed by atoms with Crippen LogP contribution < -0.4 is 11.3 Å². The standard InChI is InChI=1S/C47H73F2N9O15P2/c1-4-6-8-10-12-14-16-18-20-22-35(59)65-30-70-74(62)32-67-41-34(72-46(38(41)49)57-28-55-39-42(50)51-26-52-43(39)57)25-69-75(63,71-31-66-36(60)23-21-19-17-15-13-11-9-7-5-2)73-47(37(48)33(64-3)24-68-74)58-29-56-40-44(58)53-27-54-45(40)61/h26-29,33-34,37-38,41,46-47H,4-25,30-32H2,1-3H3,(H2,50,51,52)(H,53,54,61)/t33-,34-,37-,38-,41-,46-,47-,74?,75?/m1/s1. The first-order valence-electron chi connectivity index (χ1n) is 26.0. The number of esters is 2. The van der Waals surface area contributed by atoms with E-state index in [1.54, 1.807) is 0 Å². The Morgan fingerprint density at radius 2 is 1.28 bits per heavy atom. The van der Waals surface area contributed by atoms with E-state index in [-0.39, 0.29) is 41.0 Å². The molecule has 24 nitrogen and oxygen atoms in total. The minimum atomic E-state index is -5.24. The minimum Gasteiger partial charge on any atom is -0.438 e. The van der Waals surface area contributed by atoms with Gasteiger partial charge in [-0.25, -0.2) is 42.8 Å². The summed E-state index contributed by atoms with van der Waals surface area (Å²) in [4.78, 5) is 61.2. The molecule has 0 radical (unpaired) electrons. The number of nitrogens with one attached hydrogen (secondary N) is 1. The molecule has 420 valence electrons. The van der Waals surface area contributed by atoms with Crippen LogP contribution in [0.1, 0.15) is 155 Å². The second-order valence-electron chi connectivity index (χ2n) is 18.5. The molecule has 0 bridgehead atoms. The van der Waals surface area contributed by atoms with Crippen molar-refractivity contribution in [2.24, 2.45) is 0 Å². The molecule has 3 N–H and O–H groups in total. The van der Waals surface area contributed by atoms with Crippen molar-refractivity contribution in [3.63, 3.8) is 0 Å². The number of fused-ring (bicyclic) bond motifs is 3. The average Bonchev–Trinajstić information content (AvgIpc) is 4.13. The zero-order valence-electron chi connectivity index (χ0n) is 43.0. The van der Waals surface area contributed by atoms with Crippen LogP contribution in [0.3, 0.4) is 0 Å². The van der Waals surface area contributed by atoms with Crippen LogP contribution in [0.4, 0.5) is 14.6 Å². The molecular weight excluding hydrogens is 1030 g/mol. The third-order valence-corrected chi connectivity index (χ3v) is 15.7. The van der Waals surface area contributed by atoms with E-state index in [1.165, 1.54) is 49.4 Å². The fourth-order valence-corrected chi connectivity index (χ4v) is 11.0. The maximum absolute atomic E-state index is 17.3. The third kappa shape index (κ3) is 17.6. The highest BCUT2D eigenvalue weighted by Gasteiger charge is 2.51. The van der Waals surface area contributed by atoms with Crippen LogP contribution in [0.5, 0.6) is 0 Å². The predicted molar refractivity (Wildman–Crippen MR) is 267 cm³/mol. The normalized spacial score (nSPS) is 25.8. The highest BCUT2D eigenvalue weighted by atomic mass is 31.2. The Morgan fingerprint density at radius 3 is 1.89 bits per heavy atom. The minimum absolute atomic E-state index is 0.0141. The van der Waals surface area contributed by atoms with Crippen molar-refractivity contribution in [2.75, 3.05) is 46.0 Å². The molecule has 0 amide bonds. The molecule has 2 aliphatic rings. The molecule has 4 aromatic heterocycles. The lowest BCUT2D eigenvalue weighted by Crippen LogP contribution is -2.39. The van der Waals surface area contributed by atoms with E-state index in [9.17, 15) is 23.5 Å². The van der Waals surface area contributed by atoms with Crippen LogP contribution in [0.2, 0.25) is 0 Å². The zero-order valence-corrected chi connectivity index (χ0v) is 44.8. The Balaban J connectivity index is 1.23. The van der Waals surface area contributed by atoms with E-state index in [4.69, 9.17) is 52.0 Å². The lowest BCUT2D eigenvalue weighted by Gasteiger charge is -2.32. The van der Waals surface area contributed by atoms with E-state index in [2.05, 4.69) is 43.8 Å². The fourth-order valence-electron chi connectivity index (χ4n) is 8.60. The second kappa shape index (κ2) is 30.5. The number of nitrogens with two attached hydrogens (primary N) is 1. The Hall–Kier alpha value is -4.36. The maximum Gasteiger partial charge on any atom is 0.479 e. The number of alkyl halides is 2. The first kappa shape index (κ1) is 59.9. The summed E-state index contributed by atoms with van der Waals surface area (Å²) >= 11 is 0. The smallest absolute Gasteiger partial charge is 0.438 e. The highest BCUT2D eigenvalue weighted by Crippen LogP contribution is 2.56. The number of ether oxygens (including phenoxy) is 5. The molecule has 75 heavy (non-hydrogen) atoms. The van der Waals surface area contributed by atoms with E-state index in [0.29, 0.717) is 12.8 Å². The van der Waals surface area contributed by atoms with Gasteiger partial charge in [0, 0.05) is 20.0 Å². The van der Waals surface area contributed by atoms with E-state index in [1.807, 2.05) is 0 Å². The van der Waals surface area contributed by atoms with E-state index in [0.717, 1.165) is 94.9 Å². The van der Waals surface area contributed by atoms with Gasteiger partial charge in [0.2, 0.25) is 13.6 Å². The SMILES string of the molecule is CCCCCCCCCCCC(=O)OCOP1(=O)CO[C@H]2[C@@H](F)[C@H](n3cnc4c(N)ncnc43)O[C@@H]2COP(=O)(OCOC(=O)CCCCCCCCCCC)O[C@@H](n2cnc3c(=O)[nH]cnc32)[C@H](F)[C@H](OC)CO1. The summed E-state index contributed by atoms with van der Waals surface area (Å²) < 4.78 is 123. The lowest BCUT2D eigenvalue weighted by molar-refractivity contribution is -0.154. The first-order chi connectivity index (χ1) is 36.3. The van der Waals surface area contributed by atoms with Gasteiger partial charge in [-0.1, -0.05) is 117 Å². The number of hydrogen-bond donors (Lipinski definition) is 2. The largest absolute Gasteiger partial charge is 0.479 e. The van der Waals surface area contributed by atoms with Crippen molar-refractivity contribution < 1.29 is 73.8 Å². The molecule has 2 unspecified atom stereocenters. The molecule has 9 atom stereocenters. The van der Waals surface area contributed by atoms with E-state index < -0.39 is 109 Å². The van der Waals surface area contributed by atoms with Crippen LogP contribution in [0.25, 0.3) is 22.3 Å². The van der Waals surface area contributed by atoms with Gasteiger partial charge in [-0.15, -0.1) is 0 Å². The van der Waals surface area contributed by atoms with E-state index >= 15 is 8.78 Å². The molecule has 0 spiro atoms. The van der Waals surface area contributed by atoms with Gasteiger partial charge >= 0.3 is 27.4 Å². The molecule has 4 aromatic rings. The second-order valence-corrected chi connectivity index (χ2v) is 22.1. The fraction of sp³-hybridized carbons (Fsp3) is 0.745. The van der Waals surface area contributed by atoms with Gasteiger partial charge in [-0.05, 0) is 12.8 Å². The van der Waals surface area contributed by atoms with Crippen LogP contribution in [0.15, 0.2) is 30.1 Å². The van der Waals surface area contributed by atoms with Gasteiger partial charge in [0.05, 0.1) is 32.2 Å². The first-order valence-corrected chi connectivity index (χ1v) is 29.2. The molecular formula is C47H73F2N9O15P2. The Bertz CT molecular complexity index is 2540. The summed E-state index contributed by atoms with van der Waals surface area (Å²) in [5.41, 5.74) is 4.94. The van der Waals surface area contributed by atoms with Crippen LogP contribution in [-0.2, 0) is 65.0 Å². The van der Waals surface area contributed by atoms with Crippen molar-refractivity contribution in [2.45, 2.75) is 185 Å². The number of hydrogen-bond acceptors (Lipinski definition) is 21. The molecule has 2 saturated heterocycles. The number of aromatic nitrogens is 8. The van der Waals surface area contributed by atoms with Crippen molar-refractivity contribution in [1.82, 2.24) is 39.0 Å². The Morgan fingerprint density at radius 1 is 0.720 bits per heavy atom. The maximum atomic E-state index is 17.3. The molecule has 2 aliphatic heterocycles. The number of unbranched alkanes of at least 4 members (excludes halogenated alkanes) is 16. The Labute approximate surface area is 434 Å². The van der Waals surface area contributed by atoms with Gasteiger partial charge in [0.25, 0.3) is 5.56 Å². The van der Waals surface area contributed by atoms with Gasteiger partial charge in [0.15, 0.2) is 47.4 Å². The summed E-state index contributed by atoms with van der Waals surface area (Å²) in [6, 6.07) is 0. The number of H-pyrrole nitrogens is 1.